The van der Waals surface area contributed by atoms with Crippen LogP contribution in [0.5, 0.6) is 11.5 Å². The predicted octanol–water partition coefficient (Wildman–Crippen LogP) is 4.30. The number of halogens is 1. The number of benzene rings is 1. The Labute approximate surface area is 126 Å². The van der Waals surface area contributed by atoms with Crippen LogP contribution in [0.3, 0.4) is 0 Å². The molecule has 0 bridgehead atoms. The average Bonchev–Trinajstić information content (AvgIpc) is 2.46. The molecule has 20 heavy (non-hydrogen) atoms. The highest BCUT2D eigenvalue weighted by atomic mass is 35.5. The van der Waals surface area contributed by atoms with Crippen LogP contribution in [-0.4, -0.2) is 20.8 Å². The Morgan fingerprint density at radius 3 is 2.50 bits per heavy atom. The maximum absolute atomic E-state index is 6.54. The summed E-state index contributed by atoms with van der Waals surface area (Å²) in [6.07, 6.45) is 3.59. The van der Waals surface area contributed by atoms with Crippen LogP contribution in [-0.2, 0) is 0 Å². The van der Waals surface area contributed by atoms with Crippen LogP contribution in [0, 0.1) is 0 Å². The molecule has 1 heterocycles. The molecule has 1 fully saturated rings. The molecule has 1 aromatic rings. The van der Waals surface area contributed by atoms with E-state index in [9.17, 15) is 0 Å². The molecule has 0 saturated carbocycles. The highest BCUT2D eigenvalue weighted by molar-refractivity contribution is 6.31. The molecular weight excluding hydrogens is 274 g/mol. The first-order chi connectivity index (χ1) is 9.60. The van der Waals surface area contributed by atoms with Crippen molar-refractivity contribution in [1.82, 2.24) is 5.32 Å². The molecule has 2 rings (SSSR count). The Hall–Kier alpha value is -0.930. The van der Waals surface area contributed by atoms with Gasteiger partial charge in [0.25, 0.3) is 0 Å². The van der Waals surface area contributed by atoms with Crippen molar-refractivity contribution in [3.05, 3.63) is 22.2 Å². The van der Waals surface area contributed by atoms with E-state index < -0.39 is 0 Å². The van der Waals surface area contributed by atoms with E-state index in [0.717, 1.165) is 29.3 Å². The van der Waals surface area contributed by atoms with Crippen LogP contribution >= 0.6 is 11.6 Å². The Morgan fingerprint density at radius 1 is 1.25 bits per heavy atom. The van der Waals surface area contributed by atoms with Gasteiger partial charge < -0.3 is 14.8 Å². The van der Waals surface area contributed by atoms with E-state index in [-0.39, 0.29) is 0 Å². The highest BCUT2D eigenvalue weighted by Gasteiger charge is 2.27. The zero-order chi connectivity index (χ0) is 14.7. The van der Waals surface area contributed by atoms with Crippen molar-refractivity contribution in [3.8, 4) is 11.5 Å². The van der Waals surface area contributed by atoms with Crippen molar-refractivity contribution < 1.29 is 9.47 Å². The molecule has 1 aromatic carbocycles. The molecule has 1 aliphatic heterocycles. The monoisotopic (exact) mass is 297 g/mol. The lowest BCUT2D eigenvalue weighted by atomic mass is 9.88. The summed E-state index contributed by atoms with van der Waals surface area (Å²) >= 11 is 6.54. The van der Waals surface area contributed by atoms with E-state index in [1.165, 1.54) is 18.4 Å². The number of ether oxygens (including phenoxy) is 2. The minimum Gasteiger partial charge on any atom is -0.493 e. The van der Waals surface area contributed by atoms with Gasteiger partial charge in [0, 0.05) is 22.7 Å². The first-order valence-electron chi connectivity index (χ1n) is 7.27. The van der Waals surface area contributed by atoms with Crippen molar-refractivity contribution in [2.24, 2.45) is 0 Å². The van der Waals surface area contributed by atoms with Gasteiger partial charge in [-0.3, -0.25) is 0 Å². The van der Waals surface area contributed by atoms with Gasteiger partial charge in [0.1, 0.15) is 0 Å². The zero-order valence-corrected chi connectivity index (χ0v) is 13.5. The third-order valence-electron chi connectivity index (χ3n) is 3.93. The van der Waals surface area contributed by atoms with Crippen molar-refractivity contribution in [3.63, 3.8) is 0 Å². The largest absolute Gasteiger partial charge is 0.493 e. The topological polar surface area (TPSA) is 30.5 Å². The van der Waals surface area contributed by atoms with E-state index in [0.29, 0.717) is 17.7 Å². The summed E-state index contributed by atoms with van der Waals surface area (Å²) in [6.45, 7) is 5.38. The van der Waals surface area contributed by atoms with Gasteiger partial charge in [-0.1, -0.05) is 31.9 Å². The Balaban J connectivity index is 2.58. The summed E-state index contributed by atoms with van der Waals surface area (Å²) in [5.74, 6) is 1.85. The molecule has 3 nitrogen and oxygen atoms in total. The lowest BCUT2D eigenvalue weighted by molar-refractivity contribution is 0.346. The molecule has 0 aliphatic carbocycles. The average molecular weight is 298 g/mol. The van der Waals surface area contributed by atoms with Crippen LogP contribution in [0.2, 0.25) is 5.02 Å². The van der Waals surface area contributed by atoms with Crippen molar-refractivity contribution in [2.75, 3.05) is 20.8 Å². The molecule has 0 radical (unpaired) electrons. The fourth-order valence-electron chi connectivity index (χ4n) is 3.03. The summed E-state index contributed by atoms with van der Waals surface area (Å²) in [5, 5.41) is 4.35. The van der Waals surface area contributed by atoms with Crippen LogP contribution < -0.4 is 14.8 Å². The van der Waals surface area contributed by atoms with E-state index in [1.807, 2.05) is 6.07 Å². The first kappa shape index (κ1) is 15.5. The second-order valence-corrected chi connectivity index (χ2v) is 5.99. The van der Waals surface area contributed by atoms with Gasteiger partial charge >= 0.3 is 0 Å². The molecule has 0 amide bonds. The van der Waals surface area contributed by atoms with Gasteiger partial charge in [-0.05, 0) is 30.9 Å². The fourth-order valence-corrected chi connectivity index (χ4v) is 3.36. The van der Waals surface area contributed by atoms with Gasteiger partial charge in [0.15, 0.2) is 11.5 Å². The van der Waals surface area contributed by atoms with Crippen LogP contribution in [0.1, 0.15) is 56.2 Å². The van der Waals surface area contributed by atoms with Crippen molar-refractivity contribution in [2.45, 2.75) is 45.1 Å². The molecule has 1 saturated heterocycles. The number of hydrogen-bond donors (Lipinski definition) is 1. The summed E-state index contributed by atoms with van der Waals surface area (Å²) in [6, 6.07) is 2.19. The smallest absolute Gasteiger partial charge is 0.164 e. The molecule has 1 N–H and O–H groups in total. The van der Waals surface area contributed by atoms with Crippen LogP contribution in [0.25, 0.3) is 0 Å². The Morgan fingerprint density at radius 2 is 2.00 bits per heavy atom. The fraction of sp³-hybridized carbons (Fsp3) is 0.625. The maximum atomic E-state index is 6.54. The Bertz CT molecular complexity index is 468. The van der Waals surface area contributed by atoms with Gasteiger partial charge in [-0.15, -0.1) is 0 Å². The number of nitrogens with one attached hydrogen (secondary N) is 1. The molecule has 0 aromatic heterocycles. The first-order valence-corrected chi connectivity index (χ1v) is 7.65. The number of piperidine rings is 1. The molecule has 1 atom stereocenters. The summed E-state index contributed by atoms with van der Waals surface area (Å²) in [7, 11) is 3.34. The summed E-state index contributed by atoms with van der Waals surface area (Å²) in [4.78, 5) is 0. The molecule has 4 heteroatoms. The molecular formula is C16H24ClNO2. The van der Waals surface area contributed by atoms with Gasteiger partial charge in [0.05, 0.1) is 14.2 Å². The second kappa shape index (κ2) is 6.68. The van der Waals surface area contributed by atoms with E-state index in [4.69, 9.17) is 21.1 Å². The molecule has 0 spiro atoms. The molecule has 1 aliphatic rings. The zero-order valence-electron chi connectivity index (χ0n) is 12.8. The standard InChI is InChI=1S/C16H24ClNO2/c1-10(2)14-15(12-7-5-6-8-18-12)11(17)9-13(19-3)16(14)20-4/h9-10,12,18H,5-8H2,1-4H3. The SMILES string of the molecule is COc1cc(Cl)c(C2CCCCN2)c(C(C)C)c1OC. The molecule has 112 valence electrons. The Kier molecular flexibility index (Phi) is 5.17. The quantitative estimate of drug-likeness (QED) is 0.899. The van der Waals surface area contributed by atoms with Crippen LogP contribution in [0.4, 0.5) is 0 Å². The minimum atomic E-state index is 0.313. The lowest BCUT2D eigenvalue weighted by Gasteiger charge is -2.29. The van der Waals surface area contributed by atoms with E-state index >= 15 is 0 Å². The maximum Gasteiger partial charge on any atom is 0.164 e. The third kappa shape index (κ3) is 2.89. The number of rotatable bonds is 4. The van der Waals surface area contributed by atoms with Gasteiger partial charge in [0.2, 0.25) is 0 Å². The van der Waals surface area contributed by atoms with Gasteiger partial charge in [-0.25, -0.2) is 0 Å². The van der Waals surface area contributed by atoms with Crippen molar-refractivity contribution >= 4 is 11.6 Å². The summed E-state index contributed by atoms with van der Waals surface area (Å²) in [5.41, 5.74) is 2.34. The minimum absolute atomic E-state index is 0.313. The van der Waals surface area contributed by atoms with Crippen LogP contribution in [0.15, 0.2) is 6.07 Å². The summed E-state index contributed by atoms with van der Waals surface area (Å²) < 4.78 is 11.0. The highest BCUT2D eigenvalue weighted by Crippen LogP contribution is 2.45. The number of methoxy groups -OCH3 is 2. The van der Waals surface area contributed by atoms with E-state index in [2.05, 4.69) is 19.2 Å². The van der Waals surface area contributed by atoms with E-state index in [1.54, 1.807) is 14.2 Å². The van der Waals surface area contributed by atoms with Crippen molar-refractivity contribution in [1.29, 1.82) is 0 Å². The lowest BCUT2D eigenvalue weighted by Crippen LogP contribution is -2.28. The molecule has 1 unspecified atom stereocenters. The normalized spacial score (nSPS) is 19.2. The predicted molar refractivity (Wildman–Crippen MR) is 83.2 cm³/mol. The second-order valence-electron chi connectivity index (χ2n) is 5.58. The third-order valence-corrected chi connectivity index (χ3v) is 4.25. The van der Waals surface area contributed by atoms with Gasteiger partial charge in [-0.2, -0.15) is 0 Å². The number of hydrogen-bond acceptors (Lipinski definition) is 3.